The zero-order chi connectivity index (χ0) is 33.9. The summed E-state index contributed by atoms with van der Waals surface area (Å²) in [5.74, 6) is 0.504. The van der Waals surface area contributed by atoms with Crippen LogP contribution in [-0.2, 0) is 16.1 Å². The molecular weight excluding hydrogens is 629 g/mol. The number of carbonyl (C=O) groups is 1. The van der Waals surface area contributed by atoms with Gasteiger partial charge in [0.25, 0.3) is 5.56 Å². The maximum atomic E-state index is 14.6. The quantitative estimate of drug-likeness (QED) is 0.148. The molecule has 1 atom stereocenters. The molecular formula is C42H36N2O4S. The van der Waals surface area contributed by atoms with Gasteiger partial charge in [0.2, 0.25) is 0 Å². The molecule has 1 aliphatic rings. The van der Waals surface area contributed by atoms with Crippen LogP contribution in [-0.4, -0.2) is 17.1 Å². The van der Waals surface area contributed by atoms with E-state index in [1.54, 1.807) is 11.5 Å². The molecule has 0 spiro atoms. The van der Waals surface area contributed by atoms with Crippen LogP contribution in [0.3, 0.4) is 0 Å². The molecule has 49 heavy (non-hydrogen) atoms. The SMILES string of the molecule is CCOC(=O)C1=C(c2ccccc2)N=c2s/c(=C\c3c(OCc4ccccc4)ccc4ccccc34)c(=O)n2[C@@H]1c1ccc(C(C)C)cc1. The fraction of sp³-hybridized carbons (Fsp3) is 0.167. The van der Waals surface area contributed by atoms with E-state index >= 15 is 0 Å². The van der Waals surface area contributed by atoms with Crippen LogP contribution in [0.4, 0.5) is 0 Å². The average molecular weight is 665 g/mol. The van der Waals surface area contributed by atoms with Gasteiger partial charge in [0.15, 0.2) is 4.80 Å². The Morgan fingerprint density at radius 1 is 0.878 bits per heavy atom. The van der Waals surface area contributed by atoms with Gasteiger partial charge >= 0.3 is 5.97 Å². The van der Waals surface area contributed by atoms with Gasteiger partial charge in [-0.1, -0.05) is 140 Å². The summed E-state index contributed by atoms with van der Waals surface area (Å²) in [6.45, 7) is 6.64. The largest absolute Gasteiger partial charge is 0.488 e. The highest BCUT2D eigenvalue weighted by atomic mass is 32.1. The Bertz CT molecular complexity index is 2360. The molecule has 0 amide bonds. The molecule has 0 saturated heterocycles. The Labute approximate surface area is 288 Å². The van der Waals surface area contributed by atoms with E-state index in [1.165, 1.54) is 16.9 Å². The van der Waals surface area contributed by atoms with Gasteiger partial charge < -0.3 is 9.47 Å². The van der Waals surface area contributed by atoms with Crippen LogP contribution in [0.15, 0.2) is 137 Å². The zero-order valence-corrected chi connectivity index (χ0v) is 28.4. The van der Waals surface area contributed by atoms with Gasteiger partial charge in [0.1, 0.15) is 12.4 Å². The number of fused-ring (bicyclic) bond motifs is 2. The molecule has 1 aliphatic heterocycles. The lowest BCUT2D eigenvalue weighted by Crippen LogP contribution is -2.40. The minimum Gasteiger partial charge on any atom is -0.488 e. The van der Waals surface area contributed by atoms with Gasteiger partial charge in [-0.05, 0) is 52.4 Å². The molecule has 6 nitrogen and oxygen atoms in total. The summed E-state index contributed by atoms with van der Waals surface area (Å²) in [6.07, 6.45) is 1.90. The Hall–Kier alpha value is -5.53. The van der Waals surface area contributed by atoms with Crippen molar-refractivity contribution in [3.63, 3.8) is 0 Å². The summed E-state index contributed by atoms with van der Waals surface area (Å²) in [4.78, 5) is 34.0. The van der Waals surface area contributed by atoms with Gasteiger partial charge in [-0.25, -0.2) is 9.79 Å². The molecule has 7 heteroatoms. The highest BCUT2D eigenvalue weighted by molar-refractivity contribution is 7.07. The van der Waals surface area contributed by atoms with E-state index in [9.17, 15) is 9.59 Å². The fourth-order valence-electron chi connectivity index (χ4n) is 6.24. The second kappa shape index (κ2) is 13.9. The van der Waals surface area contributed by atoms with Crippen molar-refractivity contribution in [2.75, 3.05) is 6.61 Å². The van der Waals surface area contributed by atoms with Crippen LogP contribution in [0, 0.1) is 0 Å². The molecule has 2 heterocycles. The smallest absolute Gasteiger partial charge is 0.338 e. The van der Waals surface area contributed by atoms with Crippen LogP contribution in [0.1, 0.15) is 60.5 Å². The monoisotopic (exact) mass is 664 g/mol. The van der Waals surface area contributed by atoms with Gasteiger partial charge in [-0.3, -0.25) is 9.36 Å². The molecule has 0 saturated carbocycles. The lowest BCUT2D eigenvalue weighted by molar-refractivity contribution is -0.138. The number of hydrogen-bond acceptors (Lipinski definition) is 6. The van der Waals surface area contributed by atoms with E-state index in [0.717, 1.165) is 33.0 Å². The maximum Gasteiger partial charge on any atom is 0.338 e. The third kappa shape index (κ3) is 6.37. The van der Waals surface area contributed by atoms with Gasteiger partial charge in [-0.15, -0.1) is 0 Å². The zero-order valence-electron chi connectivity index (χ0n) is 27.6. The van der Waals surface area contributed by atoms with Crippen molar-refractivity contribution in [1.82, 2.24) is 4.57 Å². The third-order valence-corrected chi connectivity index (χ3v) is 9.72. The standard InChI is InChI=1S/C42H36N2O4S/c1-4-47-41(46)37-38(31-16-9-6-10-17-31)43-42-44(39(37)32-21-19-29(20-22-32)27(2)3)40(45)36(49-42)25-34-33-18-12-11-15-30(33)23-24-35(34)48-26-28-13-7-5-8-14-28/h5-25,27,39H,4,26H2,1-3H3/b36-25-/t39-/m1/s1. The van der Waals surface area contributed by atoms with Crippen molar-refractivity contribution in [1.29, 1.82) is 0 Å². The lowest BCUT2D eigenvalue weighted by Gasteiger charge is -2.26. The first-order valence-corrected chi connectivity index (χ1v) is 17.3. The number of nitrogens with zero attached hydrogens (tertiary/aromatic N) is 2. The average Bonchev–Trinajstić information content (AvgIpc) is 3.45. The third-order valence-electron chi connectivity index (χ3n) is 8.74. The van der Waals surface area contributed by atoms with Crippen LogP contribution in [0.5, 0.6) is 5.75 Å². The second-order valence-electron chi connectivity index (χ2n) is 12.2. The number of rotatable bonds is 9. The highest BCUT2D eigenvalue weighted by Crippen LogP contribution is 2.36. The molecule has 6 aromatic rings. The molecule has 0 N–H and O–H groups in total. The first kappa shape index (κ1) is 32.0. The summed E-state index contributed by atoms with van der Waals surface area (Å²) in [7, 11) is 0. The predicted molar refractivity (Wildman–Crippen MR) is 196 cm³/mol. The predicted octanol–water partition coefficient (Wildman–Crippen LogP) is 7.79. The van der Waals surface area contributed by atoms with Crippen molar-refractivity contribution in [3.05, 3.63) is 174 Å². The van der Waals surface area contributed by atoms with E-state index in [2.05, 4.69) is 26.0 Å². The molecule has 0 aliphatic carbocycles. The fourth-order valence-corrected chi connectivity index (χ4v) is 7.22. The Kier molecular flexibility index (Phi) is 9.09. The minimum atomic E-state index is -0.741. The topological polar surface area (TPSA) is 69.9 Å². The van der Waals surface area contributed by atoms with E-state index in [1.807, 2.05) is 115 Å². The van der Waals surface area contributed by atoms with Gasteiger partial charge in [0, 0.05) is 11.1 Å². The number of hydrogen-bond donors (Lipinski definition) is 0. The second-order valence-corrected chi connectivity index (χ2v) is 13.2. The number of esters is 1. The van der Waals surface area contributed by atoms with Crippen LogP contribution >= 0.6 is 11.3 Å². The number of benzene rings is 5. The van der Waals surface area contributed by atoms with Crippen LogP contribution in [0.25, 0.3) is 22.5 Å². The van der Waals surface area contributed by atoms with Crippen LogP contribution in [0.2, 0.25) is 0 Å². The Balaban J connectivity index is 1.46. The lowest BCUT2D eigenvalue weighted by atomic mass is 9.91. The molecule has 5 aromatic carbocycles. The van der Waals surface area contributed by atoms with Gasteiger partial charge in [0.05, 0.1) is 28.5 Å². The van der Waals surface area contributed by atoms with E-state index in [4.69, 9.17) is 14.5 Å². The molecule has 7 rings (SSSR count). The molecule has 0 fully saturated rings. The summed E-state index contributed by atoms with van der Waals surface area (Å²) in [5.41, 5.74) is 5.20. The molecule has 244 valence electrons. The van der Waals surface area contributed by atoms with E-state index in [0.29, 0.717) is 38.9 Å². The number of thiazole rings is 1. The van der Waals surface area contributed by atoms with Crippen molar-refractivity contribution in [2.24, 2.45) is 4.99 Å². The van der Waals surface area contributed by atoms with Crippen molar-refractivity contribution in [2.45, 2.75) is 39.3 Å². The first-order valence-electron chi connectivity index (χ1n) is 16.5. The molecule has 0 bridgehead atoms. The van der Waals surface area contributed by atoms with E-state index < -0.39 is 12.0 Å². The number of aromatic nitrogens is 1. The maximum absolute atomic E-state index is 14.6. The summed E-state index contributed by atoms with van der Waals surface area (Å²) in [5, 5.41) is 2.00. The highest BCUT2D eigenvalue weighted by Gasteiger charge is 2.35. The summed E-state index contributed by atoms with van der Waals surface area (Å²) in [6, 6.07) is 39.1. The van der Waals surface area contributed by atoms with Crippen LogP contribution < -0.4 is 19.6 Å². The summed E-state index contributed by atoms with van der Waals surface area (Å²) >= 11 is 1.31. The normalized spacial score (nSPS) is 14.5. The van der Waals surface area contributed by atoms with E-state index in [-0.39, 0.29) is 12.2 Å². The number of carbonyl (C=O) groups excluding carboxylic acids is 1. The van der Waals surface area contributed by atoms with Crippen molar-refractivity contribution >= 4 is 39.9 Å². The Morgan fingerprint density at radius 2 is 1.57 bits per heavy atom. The first-order chi connectivity index (χ1) is 23.9. The molecule has 1 aromatic heterocycles. The van der Waals surface area contributed by atoms with Crippen molar-refractivity contribution < 1.29 is 14.3 Å². The molecule has 0 unspecified atom stereocenters. The molecule has 0 radical (unpaired) electrons. The minimum absolute atomic E-state index is 0.195. The number of ether oxygens (including phenoxy) is 2. The Morgan fingerprint density at radius 3 is 2.29 bits per heavy atom. The summed E-state index contributed by atoms with van der Waals surface area (Å²) < 4.78 is 14.2. The van der Waals surface area contributed by atoms with Crippen molar-refractivity contribution in [3.8, 4) is 5.75 Å². The van der Waals surface area contributed by atoms with Gasteiger partial charge in [-0.2, -0.15) is 0 Å².